The van der Waals surface area contributed by atoms with Gasteiger partial charge in [0.25, 0.3) is 15.0 Å². The third-order valence-electron chi connectivity index (χ3n) is 3.07. The molecule has 0 atom stereocenters. The Kier molecular flexibility index (Phi) is 4.49. The van der Waals surface area contributed by atoms with E-state index in [4.69, 9.17) is 15.4 Å². The molecule has 0 aliphatic carbocycles. The van der Waals surface area contributed by atoms with E-state index in [1.807, 2.05) is 0 Å². The summed E-state index contributed by atoms with van der Waals surface area (Å²) in [5.41, 5.74) is 0.186. The molecular weight excluding hydrogens is 292 g/mol. The van der Waals surface area contributed by atoms with Gasteiger partial charge in [-0.25, -0.2) is 8.42 Å². The van der Waals surface area contributed by atoms with Crippen molar-refractivity contribution in [1.29, 1.82) is 0 Å². The molecule has 2 N–H and O–H groups in total. The first-order valence-electron chi connectivity index (χ1n) is 5.96. The maximum atomic E-state index is 11.8. The number of ether oxygens (including phenoxy) is 1. The van der Waals surface area contributed by atoms with Crippen LogP contribution in [0, 0.1) is 5.92 Å². The summed E-state index contributed by atoms with van der Waals surface area (Å²) in [6, 6.07) is 1.22. The molecule has 0 saturated carbocycles. The number of aromatic nitrogens is 1. The number of amides is 1. The van der Waals surface area contributed by atoms with E-state index in [-0.39, 0.29) is 16.5 Å². The Morgan fingerprint density at radius 3 is 2.74 bits per heavy atom. The average molecular weight is 307 g/mol. The summed E-state index contributed by atoms with van der Waals surface area (Å²) in [6.07, 6.45) is 3.05. The minimum absolute atomic E-state index is 0.106. The summed E-state index contributed by atoms with van der Waals surface area (Å²) in [4.78, 5) is 14.3. The average Bonchev–Trinajstić information content (AvgIpc) is 2.87. The highest BCUT2D eigenvalue weighted by molar-refractivity contribution is 8.13. The molecular formula is C11H15ClN2O4S. The number of nitrogens with one attached hydrogen (secondary N) is 2. The van der Waals surface area contributed by atoms with Crippen LogP contribution in [-0.2, 0) is 13.8 Å². The monoisotopic (exact) mass is 306 g/mol. The van der Waals surface area contributed by atoms with Crippen LogP contribution in [0.3, 0.4) is 0 Å². The van der Waals surface area contributed by atoms with Gasteiger partial charge in [0.05, 0.1) is 0 Å². The number of carbonyl (C=O) groups excluding carboxylic acids is 1. The van der Waals surface area contributed by atoms with E-state index in [1.54, 1.807) is 0 Å². The second kappa shape index (κ2) is 5.94. The van der Waals surface area contributed by atoms with Crippen molar-refractivity contribution < 1.29 is 17.9 Å². The molecule has 1 aromatic rings. The van der Waals surface area contributed by atoms with Gasteiger partial charge in [0.15, 0.2) is 0 Å². The van der Waals surface area contributed by atoms with Gasteiger partial charge in [-0.1, -0.05) is 0 Å². The molecule has 19 heavy (non-hydrogen) atoms. The van der Waals surface area contributed by atoms with E-state index in [0.717, 1.165) is 26.1 Å². The molecule has 0 aromatic carbocycles. The summed E-state index contributed by atoms with van der Waals surface area (Å²) in [6.45, 7) is 2.00. The number of hydrogen-bond donors (Lipinski definition) is 2. The normalized spacial score (nSPS) is 17.3. The lowest BCUT2D eigenvalue weighted by Gasteiger charge is -2.21. The molecule has 2 rings (SSSR count). The summed E-state index contributed by atoms with van der Waals surface area (Å²) < 4.78 is 27.4. The quantitative estimate of drug-likeness (QED) is 0.815. The van der Waals surface area contributed by atoms with E-state index in [2.05, 4.69) is 10.3 Å². The van der Waals surface area contributed by atoms with Gasteiger partial charge in [-0.3, -0.25) is 4.79 Å². The minimum Gasteiger partial charge on any atom is -0.381 e. The third-order valence-corrected chi connectivity index (χ3v) is 4.41. The Labute approximate surface area is 115 Å². The third kappa shape index (κ3) is 3.95. The molecule has 2 heterocycles. The number of aromatic amines is 1. The smallest absolute Gasteiger partial charge is 0.267 e. The summed E-state index contributed by atoms with van der Waals surface area (Å²) in [7, 11) is 1.38. The van der Waals surface area contributed by atoms with Gasteiger partial charge in [-0.05, 0) is 24.8 Å². The van der Waals surface area contributed by atoms with Crippen molar-refractivity contribution in [3.63, 3.8) is 0 Å². The fourth-order valence-corrected chi connectivity index (χ4v) is 2.65. The van der Waals surface area contributed by atoms with Crippen LogP contribution in [0.1, 0.15) is 23.3 Å². The Balaban J connectivity index is 1.91. The number of hydrogen-bond acceptors (Lipinski definition) is 4. The molecule has 1 aliphatic heterocycles. The van der Waals surface area contributed by atoms with Crippen LogP contribution in [0.2, 0.25) is 0 Å². The van der Waals surface area contributed by atoms with E-state index >= 15 is 0 Å². The van der Waals surface area contributed by atoms with Crippen molar-refractivity contribution in [3.8, 4) is 0 Å². The second-order valence-electron chi connectivity index (χ2n) is 4.45. The van der Waals surface area contributed by atoms with Crippen LogP contribution in [0.5, 0.6) is 0 Å². The minimum atomic E-state index is -3.81. The highest BCUT2D eigenvalue weighted by Crippen LogP contribution is 2.16. The maximum absolute atomic E-state index is 11.8. The highest BCUT2D eigenvalue weighted by Gasteiger charge is 2.18. The van der Waals surface area contributed by atoms with E-state index in [0.29, 0.717) is 12.5 Å². The second-order valence-corrected chi connectivity index (χ2v) is 7.02. The van der Waals surface area contributed by atoms with Crippen LogP contribution in [0.15, 0.2) is 17.2 Å². The predicted molar refractivity (Wildman–Crippen MR) is 69.7 cm³/mol. The molecule has 1 saturated heterocycles. The van der Waals surface area contributed by atoms with Crippen molar-refractivity contribution in [3.05, 3.63) is 18.0 Å². The van der Waals surface area contributed by atoms with E-state index in [1.165, 1.54) is 12.3 Å². The van der Waals surface area contributed by atoms with E-state index < -0.39 is 9.05 Å². The standard InChI is InChI=1S/C11H15ClN2O4S/c12-19(16,17)9-5-10(13-7-9)11(15)14-6-8-1-3-18-4-2-8/h5,7-8,13H,1-4,6H2,(H,14,15). The maximum Gasteiger partial charge on any atom is 0.267 e. The number of carbonyl (C=O) groups is 1. The lowest BCUT2D eigenvalue weighted by atomic mass is 10.0. The molecule has 1 aromatic heterocycles. The molecule has 1 fully saturated rings. The van der Waals surface area contributed by atoms with Gasteiger partial charge in [-0.2, -0.15) is 0 Å². The van der Waals surface area contributed by atoms with Crippen molar-refractivity contribution in [2.24, 2.45) is 5.92 Å². The molecule has 6 nitrogen and oxygen atoms in total. The molecule has 0 spiro atoms. The summed E-state index contributed by atoms with van der Waals surface area (Å²) in [5.74, 6) is 0.0713. The molecule has 0 bridgehead atoms. The summed E-state index contributed by atoms with van der Waals surface area (Å²) in [5, 5.41) is 2.77. The molecule has 0 unspecified atom stereocenters. The Bertz CT molecular complexity index is 549. The van der Waals surface area contributed by atoms with Crippen LogP contribution in [0.25, 0.3) is 0 Å². The highest BCUT2D eigenvalue weighted by atomic mass is 35.7. The Hall–Kier alpha value is -1.05. The molecule has 106 valence electrons. The fraction of sp³-hybridized carbons (Fsp3) is 0.545. The lowest BCUT2D eigenvalue weighted by Crippen LogP contribution is -2.32. The topological polar surface area (TPSA) is 88.3 Å². The SMILES string of the molecule is O=C(NCC1CCOCC1)c1cc(S(=O)(=O)Cl)c[nH]1. The van der Waals surface area contributed by atoms with Gasteiger partial charge in [0, 0.05) is 36.6 Å². The molecule has 0 radical (unpaired) electrons. The Morgan fingerprint density at radius 1 is 1.47 bits per heavy atom. The van der Waals surface area contributed by atoms with Gasteiger partial charge in [0.1, 0.15) is 10.6 Å². The van der Waals surface area contributed by atoms with Crippen molar-refractivity contribution >= 4 is 25.6 Å². The van der Waals surface area contributed by atoms with Gasteiger partial charge >= 0.3 is 0 Å². The van der Waals surface area contributed by atoms with Crippen molar-refractivity contribution in [2.75, 3.05) is 19.8 Å². The van der Waals surface area contributed by atoms with Gasteiger partial charge in [-0.15, -0.1) is 0 Å². The summed E-state index contributed by atoms with van der Waals surface area (Å²) >= 11 is 0. The zero-order valence-electron chi connectivity index (χ0n) is 10.2. The number of rotatable bonds is 4. The van der Waals surface area contributed by atoms with Crippen molar-refractivity contribution in [2.45, 2.75) is 17.7 Å². The first-order chi connectivity index (χ1) is 8.97. The fourth-order valence-electron chi connectivity index (χ4n) is 1.93. The zero-order valence-corrected chi connectivity index (χ0v) is 11.8. The van der Waals surface area contributed by atoms with Gasteiger partial charge < -0.3 is 15.0 Å². The van der Waals surface area contributed by atoms with E-state index in [9.17, 15) is 13.2 Å². The van der Waals surface area contributed by atoms with Crippen LogP contribution in [-0.4, -0.2) is 39.1 Å². The zero-order chi connectivity index (χ0) is 13.9. The van der Waals surface area contributed by atoms with Crippen molar-refractivity contribution in [1.82, 2.24) is 10.3 Å². The first-order valence-corrected chi connectivity index (χ1v) is 8.27. The van der Waals surface area contributed by atoms with Crippen LogP contribution >= 0.6 is 10.7 Å². The lowest BCUT2D eigenvalue weighted by molar-refractivity contribution is 0.0642. The first kappa shape index (κ1) is 14.4. The number of H-pyrrole nitrogens is 1. The van der Waals surface area contributed by atoms with Crippen LogP contribution < -0.4 is 5.32 Å². The number of halogens is 1. The molecule has 8 heteroatoms. The molecule has 1 amide bonds. The Morgan fingerprint density at radius 2 is 2.16 bits per heavy atom. The largest absolute Gasteiger partial charge is 0.381 e. The predicted octanol–water partition coefficient (Wildman–Crippen LogP) is 1.10. The molecule has 1 aliphatic rings. The van der Waals surface area contributed by atoms with Crippen LogP contribution in [0.4, 0.5) is 0 Å². The van der Waals surface area contributed by atoms with Gasteiger partial charge in [0.2, 0.25) is 0 Å².